The van der Waals surface area contributed by atoms with Crippen molar-refractivity contribution in [2.45, 2.75) is 44.3 Å². The van der Waals surface area contributed by atoms with Gasteiger partial charge in [0, 0.05) is 25.2 Å². The minimum atomic E-state index is 0.129. The number of nitrogens with two attached hydrogens (primary N) is 1. The molecule has 2 heterocycles. The van der Waals surface area contributed by atoms with Gasteiger partial charge in [0.1, 0.15) is 0 Å². The van der Waals surface area contributed by atoms with Crippen molar-refractivity contribution in [1.82, 2.24) is 10.2 Å². The third-order valence-electron chi connectivity index (χ3n) is 4.64. The number of hydrogen-bond donors (Lipinski definition) is 2. The maximum Gasteiger partial charge on any atom is 0.224 e. The van der Waals surface area contributed by atoms with Crippen LogP contribution < -0.4 is 11.1 Å². The summed E-state index contributed by atoms with van der Waals surface area (Å²) in [5, 5.41) is 3.23. The summed E-state index contributed by atoms with van der Waals surface area (Å²) in [6.07, 6.45) is 4.03. The smallest absolute Gasteiger partial charge is 0.224 e. The van der Waals surface area contributed by atoms with Gasteiger partial charge in [0.2, 0.25) is 5.91 Å². The maximum absolute atomic E-state index is 12.3. The molecule has 0 saturated carbocycles. The topological polar surface area (TPSA) is 58.4 Å². The fourth-order valence-corrected chi connectivity index (χ4v) is 3.61. The van der Waals surface area contributed by atoms with Gasteiger partial charge in [-0.15, -0.1) is 0 Å². The zero-order chi connectivity index (χ0) is 13.9. The molecule has 2 saturated heterocycles. The van der Waals surface area contributed by atoms with Crippen molar-refractivity contribution in [3.63, 3.8) is 0 Å². The molecule has 2 atom stereocenters. The Balaban J connectivity index is 1.60. The highest BCUT2D eigenvalue weighted by atomic mass is 16.1. The van der Waals surface area contributed by atoms with E-state index in [4.69, 9.17) is 5.73 Å². The van der Waals surface area contributed by atoms with Gasteiger partial charge in [0.05, 0.1) is 6.42 Å². The first kappa shape index (κ1) is 13.6. The normalized spacial score (nSPS) is 25.6. The zero-order valence-electron chi connectivity index (χ0n) is 11.8. The first-order valence-electron chi connectivity index (χ1n) is 7.58. The largest absolute Gasteiger partial charge is 0.351 e. The van der Waals surface area contributed by atoms with Gasteiger partial charge in [-0.05, 0) is 36.9 Å². The molecule has 2 aliphatic heterocycles. The molecule has 2 aliphatic rings. The van der Waals surface area contributed by atoms with Crippen LogP contribution in [0.4, 0.5) is 0 Å². The molecule has 1 amide bonds. The first-order chi connectivity index (χ1) is 9.78. The van der Waals surface area contributed by atoms with Crippen LogP contribution in [-0.4, -0.2) is 36.0 Å². The van der Waals surface area contributed by atoms with Crippen LogP contribution in [0.2, 0.25) is 0 Å². The molecule has 20 heavy (non-hydrogen) atoms. The summed E-state index contributed by atoms with van der Waals surface area (Å²) in [5.74, 6) is 0.129. The molecule has 2 unspecified atom stereocenters. The van der Waals surface area contributed by atoms with E-state index in [-0.39, 0.29) is 5.91 Å². The molecule has 0 aliphatic carbocycles. The van der Waals surface area contributed by atoms with E-state index < -0.39 is 0 Å². The molecule has 3 rings (SSSR count). The number of fused-ring (bicyclic) bond motifs is 1. The third kappa shape index (κ3) is 2.72. The van der Waals surface area contributed by atoms with Crippen molar-refractivity contribution in [3.8, 4) is 0 Å². The highest BCUT2D eigenvalue weighted by molar-refractivity contribution is 5.79. The first-order valence-corrected chi connectivity index (χ1v) is 7.58. The second-order valence-electron chi connectivity index (χ2n) is 5.86. The number of amides is 1. The van der Waals surface area contributed by atoms with Gasteiger partial charge in [-0.3, -0.25) is 9.69 Å². The lowest BCUT2D eigenvalue weighted by molar-refractivity contribution is -0.121. The molecule has 1 aromatic carbocycles. The monoisotopic (exact) mass is 273 g/mol. The Morgan fingerprint density at radius 1 is 1.25 bits per heavy atom. The number of nitrogens with zero attached hydrogens (tertiary/aromatic N) is 1. The fraction of sp³-hybridized carbons (Fsp3) is 0.562. The van der Waals surface area contributed by atoms with E-state index >= 15 is 0 Å². The van der Waals surface area contributed by atoms with Crippen LogP contribution >= 0.6 is 0 Å². The summed E-state index contributed by atoms with van der Waals surface area (Å²) in [5.41, 5.74) is 7.84. The predicted octanol–water partition coefficient (Wildman–Crippen LogP) is 1.04. The molecule has 3 N–H and O–H groups in total. The maximum atomic E-state index is 12.3. The predicted molar refractivity (Wildman–Crippen MR) is 79.2 cm³/mol. The average molecular weight is 273 g/mol. The highest BCUT2D eigenvalue weighted by Crippen LogP contribution is 2.27. The summed E-state index contributed by atoms with van der Waals surface area (Å²) in [4.78, 5) is 14.8. The lowest BCUT2D eigenvalue weighted by Crippen LogP contribution is -2.43. The van der Waals surface area contributed by atoms with Crippen molar-refractivity contribution in [2.75, 3.05) is 13.1 Å². The van der Waals surface area contributed by atoms with E-state index in [1.54, 1.807) is 0 Å². The van der Waals surface area contributed by atoms with Gasteiger partial charge in [-0.2, -0.15) is 0 Å². The van der Waals surface area contributed by atoms with E-state index in [9.17, 15) is 4.79 Å². The zero-order valence-corrected chi connectivity index (χ0v) is 11.8. The second-order valence-corrected chi connectivity index (χ2v) is 5.86. The van der Waals surface area contributed by atoms with Crippen molar-refractivity contribution < 1.29 is 4.79 Å². The molecule has 0 radical (unpaired) electrons. The molecule has 0 spiro atoms. The van der Waals surface area contributed by atoms with E-state index in [2.05, 4.69) is 10.2 Å². The number of benzene rings is 1. The summed E-state index contributed by atoms with van der Waals surface area (Å²) in [6, 6.07) is 8.85. The van der Waals surface area contributed by atoms with Crippen LogP contribution in [0, 0.1) is 0 Å². The number of hydrogen-bond acceptors (Lipinski definition) is 3. The molecule has 1 aromatic rings. The summed E-state index contributed by atoms with van der Waals surface area (Å²) >= 11 is 0. The Kier molecular flexibility index (Phi) is 4.03. The Labute approximate surface area is 120 Å². The lowest BCUT2D eigenvalue weighted by atomic mass is 10.0. The third-order valence-corrected chi connectivity index (χ3v) is 4.64. The number of rotatable bonds is 4. The molecule has 0 aromatic heterocycles. The van der Waals surface area contributed by atoms with Crippen molar-refractivity contribution in [1.29, 1.82) is 0 Å². The van der Waals surface area contributed by atoms with Gasteiger partial charge in [-0.25, -0.2) is 0 Å². The highest BCUT2D eigenvalue weighted by Gasteiger charge is 2.37. The van der Waals surface area contributed by atoms with Gasteiger partial charge in [0.15, 0.2) is 0 Å². The second kappa shape index (κ2) is 5.94. The lowest BCUT2D eigenvalue weighted by Gasteiger charge is -2.21. The van der Waals surface area contributed by atoms with E-state index in [1.807, 2.05) is 24.3 Å². The van der Waals surface area contributed by atoms with Crippen molar-refractivity contribution >= 4 is 5.91 Å². The fourth-order valence-electron chi connectivity index (χ4n) is 3.61. The Hall–Kier alpha value is -1.39. The van der Waals surface area contributed by atoms with E-state index in [0.29, 0.717) is 25.0 Å². The minimum absolute atomic E-state index is 0.129. The SMILES string of the molecule is NCc1ccccc1CC(=O)NC1CCN2CCCC12. The Morgan fingerprint density at radius 2 is 2.05 bits per heavy atom. The Bertz CT molecular complexity index is 488. The van der Waals surface area contributed by atoms with Gasteiger partial charge >= 0.3 is 0 Å². The minimum Gasteiger partial charge on any atom is -0.351 e. The van der Waals surface area contributed by atoms with Crippen LogP contribution in [0.3, 0.4) is 0 Å². The quantitative estimate of drug-likeness (QED) is 0.862. The molecular formula is C16H23N3O. The van der Waals surface area contributed by atoms with Crippen LogP contribution in [-0.2, 0) is 17.8 Å². The molecule has 108 valence electrons. The van der Waals surface area contributed by atoms with Crippen molar-refractivity contribution in [3.05, 3.63) is 35.4 Å². The van der Waals surface area contributed by atoms with Gasteiger partial charge < -0.3 is 11.1 Å². The van der Waals surface area contributed by atoms with E-state index in [1.165, 1.54) is 19.4 Å². The van der Waals surface area contributed by atoms with Crippen LogP contribution in [0.5, 0.6) is 0 Å². The van der Waals surface area contributed by atoms with Crippen LogP contribution in [0.15, 0.2) is 24.3 Å². The van der Waals surface area contributed by atoms with Crippen molar-refractivity contribution in [2.24, 2.45) is 5.73 Å². The standard InChI is InChI=1S/C16H23N3O/c17-11-13-5-2-1-4-12(13)10-16(20)18-14-7-9-19-8-3-6-15(14)19/h1-2,4-5,14-15H,3,6-11,17H2,(H,18,20). The van der Waals surface area contributed by atoms with E-state index in [0.717, 1.165) is 24.1 Å². The average Bonchev–Trinajstić information content (AvgIpc) is 3.04. The van der Waals surface area contributed by atoms with Crippen LogP contribution in [0.25, 0.3) is 0 Å². The summed E-state index contributed by atoms with van der Waals surface area (Å²) < 4.78 is 0. The van der Waals surface area contributed by atoms with Gasteiger partial charge in [0.25, 0.3) is 0 Å². The van der Waals surface area contributed by atoms with Crippen LogP contribution in [0.1, 0.15) is 30.4 Å². The summed E-state index contributed by atoms with van der Waals surface area (Å²) in [6.45, 7) is 2.82. The number of nitrogens with one attached hydrogen (secondary N) is 1. The number of carbonyl (C=O) groups is 1. The molecule has 4 nitrogen and oxygen atoms in total. The molecule has 4 heteroatoms. The molecular weight excluding hydrogens is 250 g/mol. The Morgan fingerprint density at radius 3 is 2.85 bits per heavy atom. The number of carbonyl (C=O) groups excluding carboxylic acids is 1. The molecule has 2 fully saturated rings. The summed E-state index contributed by atoms with van der Waals surface area (Å²) in [7, 11) is 0. The molecule has 0 bridgehead atoms. The van der Waals surface area contributed by atoms with Gasteiger partial charge in [-0.1, -0.05) is 24.3 Å².